The van der Waals surface area contributed by atoms with E-state index in [-0.39, 0.29) is 18.4 Å². The van der Waals surface area contributed by atoms with Crippen LogP contribution < -0.4 is 4.90 Å². The zero-order chi connectivity index (χ0) is 21.1. The van der Waals surface area contributed by atoms with Crippen LogP contribution in [-0.4, -0.2) is 41.3 Å². The summed E-state index contributed by atoms with van der Waals surface area (Å²) in [7, 11) is 0. The number of hydrogen-bond donors (Lipinski definition) is 0. The maximum Gasteiger partial charge on any atom is 0.278 e. The molecule has 3 heterocycles. The van der Waals surface area contributed by atoms with Crippen molar-refractivity contribution in [2.45, 2.75) is 33.1 Å². The Bertz CT molecular complexity index is 1030. The fraction of sp³-hybridized carbons (Fsp3) is 0.348. The summed E-state index contributed by atoms with van der Waals surface area (Å²) >= 11 is 1.36. The van der Waals surface area contributed by atoms with Crippen LogP contribution in [0.25, 0.3) is 10.8 Å². The summed E-state index contributed by atoms with van der Waals surface area (Å²) in [6.45, 7) is 5.39. The number of likely N-dealkylation sites (tertiary alicyclic amines) is 1. The highest BCUT2D eigenvalue weighted by Crippen LogP contribution is 2.27. The molecule has 4 rings (SSSR count). The van der Waals surface area contributed by atoms with E-state index in [9.17, 15) is 9.59 Å². The molecule has 1 aliphatic heterocycles. The van der Waals surface area contributed by atoms with Gasteiger partial charge >= 0.3 is 0 Å². The topological polar surface area (TPSA) is 66.7 Å². The molecule has 0 unspecified atom stereocenters. The second-order valence-electron chi connectivity index (χ2n) is 7.62. The minimum atomic E-state index is -0.282. The summed E-state index contributed by atoms with van der Waals surface area (Å²) in [5.41, 5.74) is 2.10. The SMILES string of the molecule is Cc1ccc(N(CC(=O)N2CCCCC2)C(=O)c2csc(-c3ccc(C)o3)n2)cc1. The largest absolute Gasteiger partial charge is 0.459 e. The number of rotatable bonds is 5. The number of furan rings is 1. The average molecular weight is 424 g/mol. The molecular weight excluding hydrogens is 398 g/mol. The highest BCUT2D eigenvalue weighted by Gasteiger charge is 2.26. The van der Waals surface area contributed by atoms with Gasteiger partial charge in [-0.25, -0.2) is 4.98 Å². The van der Waals surface area contributed by atoms with E-state index in [1.807, 2.05) is 55.1 Å². The average Bonchev–Trinajstić information content (AvgIpc) is 3.42. The Morgan fingerprint density at radius 2 is 1.80 bits per heavy atom. The molecule has 3 aromatic rings. The second kappa shape index (κ2) is 8.83. The Kier molecular flexibility index (Phi) is 5.99. The number of piperidine rings is 1. The van der Waals surface area contributed by atoms with Gasteiger partial charge in [-0.1, -0.05) is 17.7 Å². The van der Waals surface area contributed by atoms with E-state index in [1.54, 1.807) is 5.38 Å². The highest BCUT2D eigenvalue weighted by molar-refractivity contribution is 7.13. The predicted molar refractivity (Wildman–Crippen MR) is 118 cm³/mol. The fourth-order valence-corrected chi connectivity index (χ4v) is 4.31. The number of amides is 2. The number of nitrogens with zero attached hydrogens (tertiary/aromatic N) is 3. The Labute approximate surface area is 180 Å². The van der Waals surface area contributed by atoms with Crippen molar-refractivity contribution in [2.24, 2.45) is 0 Å². The van der Waals surface area contributed by atoms with Crippen molar-refractivity contribution in [2.75, 3.05) is 24.5 Å². The third kappa shape index (κ3) is 4.46. The summed E-state index contributed by atoms with van der Waals surface area (Å²) < 4.78 is 5.63. The maximum atomic E-state index is 13.4. The zero-order valence-corrected chi connectivity index (χ0v) is 18.1. The molecule has 0 bridgehead atoms. The molecule has 2 amide bonds. The van der Waals surface area contributed by atoms with Gasteiger partial charge in [-0.05, 0) is 57.4 Å². The molecule has 156 valence electrons. The van der Waals surface area contributed by atoms with E-state index in [1.165, 1.54) is 16.2 Å². The monoisotopic (exact) mass is 423 g/mol. The van der Waals surface area contributed by atoms with Crippen molar-refractivity contribution < 1.29 is 14.0 Å². The number of hydrogen-bond acceptors (Lipinski definition) is 5. The lowest BCUT2D eigenvalue weighted by Gasteiger charge is -2.30. The summed E-state index contributed by atoms with van der Waals surface area (Å²) in [5, 5.41) is 2.37. The van der Waals surface area contributed by atoms with Gasteiger partial charge < -0.3 is 9.32 Å². The molecule has 1 aromatic carbocycles. The number of aryl methyl sites for hydroxylation is 2. The quantitative estimate of drug-likeness (QED) is 0.598. The van der Waals surface area contributed by atoms with Gasteiger partial charge in [-0.2, -0.15) is 0 Å². The molecule has 30 heavy (non-hydrogen) atoms. The van der Waals surface area contributed by atoms with Crippen LogP contribution in [0.1, 0.15) is 41.1 Å². The van der Waals surface area contributed by atoms with Crippen LogP contribution in [0.2, 0.25) is 0 Å². The Morgan fingerprint density at radius 3 is 2.47 bits per heavy atom. The molecule has 1 saturated heterocycles. The van der Waals surface area contributed by atoms with Crippen molar-refractivity contribution in [3.05, 3.63) is 58.8 Å². The summed E-state index contributed by atoms with van der Waals surface area (Å²) in [6.07, 6.45) is 3.18. The zero-order valence-electron chi connectivity index (χ0n) is 17.3. The lowest BCUT2D eigenvalue weighted by molar-refractivity contribution is -0.130. The Hall–Kier alpha value is -2.93. The molecule has 1 aliphatic rings. The number of carbonyl (C=O) groups is 2. The first kappa shape index (κ1) is 20.3. The molecule has 0 spiro atoms. The van der Waals surface area contributed by atoms with Crippen LogP contribution >= 0.6 is 11.3 Å². The molecule has 7 heteroatoms. The smallest absolute Gasteiger partial charge is 0.278 e. The van der Waals surface area contributed by atoms with E-state index in [2.05, 4.69) is 4.98 Å². The van der Waals surface area contributed by atoms with Gasteiger partial charge in [-0.15, -0.1) is 11.3 Å². The molecular formula is C23H25N3O3S. The van der Waals surface area contributed by atoms with Gasteiger partial charge in [0.1, 0.15) is 18.0 Å². The van der Waals surface area contributed by atoms with Gasteiger partial charge in [0.05, 0.1) is 0 Å². The lowest BCUT2D eigenvalue weighted by atomic mass is 10.1. The van der Waals surface area contributed by atoms with Gasteiger partial charge in [0.15, 0.2) is 10.8 Å². The number of aromatic nitrogens is 1. The molecule has 0 N–H and O–H groups in total. The standard InChI is InChI=1S/C23H25N3O3S/c1-16-6-9-18(10-7-16)26(14-21(27)25-12-4-3-5-13-25)23(28)19-15-30-22(24-19)20-11-8-17(2)29-20/h6-11,15H,3-5,12-14H2,1-2H3. The molecule has 6 nitrogen and oxygen atoms in total. The van der Waals surface area contributed by atoms with Crippen molar-refractivity contribution in [1.29, 1.82) is 0 Å². The maximum absolute atomic E-state index is 13.4. The fourth-order valence-electron chi connectivity index (χ4n) is 3.56. The van der Waals surface area contributed by atoms with Crippen LogP contribution in [0, 0.1) is 13.8 Å². The molecule has 0 saturated carbocycles. The van der Waals surface area contributed by atoms with Crippen molar-refractivity contribution >= 4 is 28.8 Å². The number of anilines is 1. The number of thiazole rings is 1. The van der Waals surface area contributed by atoms with Gasteiger partial charge in [0.25, 0.3) is 5.91 Å². The minimum absolute atomic E-state index is 0.00855. The first-order valence-electron chi connectivity index (χ1n) is 10.2. The first-order chi connectivity index (χ1) is 14.5. The molecule has 1 fully saturated rings. The van der Waals surface area contributed by atoms with E-state index in [0.29, 0.717) is 22.1 Å². The van der Waals surface area contributed by atoms with Gasteiger partial charge in [-0.3, -0.25) is 14.5 Å². The van der Waals surface area contributed by atoms with Crippen molar-refractivity contribution in [3.63, 3.8) is 0 Å². The van der Waals surface area contributed by atoms with E-state index in [4.69, 9.17) is 4.42 Å². The summed E-state index contributed by atoms with van der Waals surface area (Å²) in [5.74, 6) is 1.13. The van der Waals surface area contributed by atoms with E-state index in [0.717, 1.165) is 43.7 Å². The molecule has 0 atom stereocenters. The normalized spacial score (nSPS) is 14.0. The van der Waals surface area contributed by atoms with E-state index < -0.39 is 0 Å². The molecule has 0 aliphatic carbocycles. The third-order valence-electron chi connectivity index (χ3n) is 5.27. The highest BCUT2D eigenvalue weighted by atomic mass is 32.1. The van der Waals surface area contributed by atoms with Gasteiger partial charge in [0.2, 0.25) is 5.91 Å². The summed E-state index contributed by atoms with van der Waals surface area (Å²) in [4.78, 5) is 34.2. The minimum Gasteiger partial charge on any atom is -0.459 e. The van der Waals surface area contributed by atoms with Crippen molar-refractivity contribution in [3.8, 4) is 10.8 Å². The van der Waals surface area contributed by atoms with Crippen LogP contribution in [0.15, 0.2) is 46.2 Å². The van der Waals surface area contributed by atoms with Crippen LogP contribution in [0.3, 0.4) is 0 Å². The lowest BCUT2D eigenvalue weighted by Crippen LogP contribution is -2.45. The summed E-state index contributed by atoms with van der Waals surface area (Å²) in [6, 6.07) is 11.4. The predicted octanol–water partition coefficient (Wildman–Crippen LogP) is 4.68. The number of carbonyl (C=O) groups excluding carboxylic acids is 2. The van der Waals surface area contributed by atoms with Crippen LogP contribution in [0.4, 0.5) is 5.69 Å². The molecule has 0 radical (unpaired) electrons. The molecule has 2 aromatic heterocycles. The third-order valence-corrected chi connectivity index (χ3v) is 6.12. The first-order valence-corrected chi connectivity index (χ1v) is 11.1. The second-order valence-corrected chi connectivity index (χ2v) is 8.47. The van der Waals surface area contributed by atoms with Gasteiger partial charge in [0, 0.05) is 24.2 Å². The van der Waals surface area contributed by atoms with Crippen LogP contribution in [0.5, 0.6) is 0 Å². The Balaban J connectivity index is 1.59. The van der Waals surface area contributed by atoms with Crippen LogP contribution in [-0.2, 0) is 4.79 Å². The van der Waals surface area contributed by atoms with E-state index >= 15 is 0 Å². The Morgan fingerprint density at radius 1 is 1.07 bits per heavy atom. The number of benzene rings is 1. The van der Waals surface area contributed by atoms with Crippen molar-refractivity contribution in [1.82, 2.24) is 9.88 Å².